The maximum atomic E-state index is 10.6. The average Bonchev–Trinajstić information content (AvgIpc) is 2.15. The molecule has 0 saturated carbocycles. The molecule has 0 aliphatic carbocycles. The summed E-state index contributed by atoms with van der Waals surface area (Å²) in [5.74, 6) is -0.894. The second-order valence-electron chi connectivity index (χ2n) is 2.49. The molecule has 2 nitrogen and oxygen atoms in total. The highest BCUT2D eigenvalue weighted by Gasteiger charge is 2.00. The number of allylic oxidation sites excluding steroid dienone is 1. The molecule has 1 rings (SSSR count). The molecular formula is C10H9BrO2. The molecule has 0 unspecified atom stereocenters. The summed E-state index contributed by atoms with van der Waals surface area (Å²) in [6, 6.07) is 6.82. The Labute approximate surface area is 85.0 Å². The lowest BCUT2D eigenvalue weighted by Gasteiger charge is -1.95. The summed E-state index contributed by atoms with van der Waals surface area (Å²) in [4.78, 5) is 10.6. The molecule has 0 atom stereocenters. The van der Waals surface area contributed by atoms with E-state index in [-0.39, 0.29) is 0 Å². The van der Waals surface area contributed by atoms with E-state index in [4.69, 9.17) is 5.11 Å². The number of hydrogen-bond acceptors (Lipinski definition) is 1. The molecule has 0 spiro atoms. The van der Waals surface area contributed by atoms with Gasteiger partial charge in [-0.25, -0.2) is 4.79 Å². The van der Waals surface area contributed by atoms with E-state index < -0.39 is 5.97 Å². The van der Waals surface area contributed by atoms with Gasteiger partial charge in [-0.1, -0.05) is 40.2 Å². The molecule has 1 N–H and O–H groups in total. The zero-order valence-corrected chi connectivity index (χ0v) is 8.49. The van der Waals surface area contributed by atoms with Crippen molar-refractivity contribution in [2.45, 2.75) is 0 Å². The minimum Gasteiger partial charge on any atom is -0.478 e. The lowest BCUT2D eigenvalue weighted by Crippen LogP contribution is -1.95. The van der Waals surface area contributed by atoms with Crippen LogP contribution in [0.15, 0.2) is 30.3 Å². The zero-order valence-electron chi connectivity index (χ0n) is 6.90. The van der Waals surface area contributed by atoms with Gasteiger partial charge in [0.1, 0.15) is 0 Å². The largest absolute Gasteiger partial charge is 0.478 e. The first-order valence-corrected chi connectivity index (χ1v) is 4.92. The maximum Gasteiger partial charge on any atom is 0.335 e. The monoisotopic (exact) mass is 240 g/mol. The summed E-state index contributed by atoms with van der Waals surface area (Å²) in [6.45, 7) is 0. The fourth-order valence-electron chi connectivity index (χ4n) is 0.956. The van der Waals surface area contributed by atoms with Crippen molar-refractivity contribution < 1.29 is 9.90 Å². The number of carboxylic acid groups (broad SMARTS) is 1. The number of halogens is 1. The van der Waals surface area contributed by atoms with Crippen molar-refractivity contribution in [3.63, 3.8) is 0 Å². The van der Waals surface area contributed by atoms with Gasteiger partial charge in [0, 0.05) is 5.33 Å². The average molecular weight is 241 g/mol. The van der Waals surface area contributed by atoms with Gasteiger partial charge in [-0.3, -0.25) is 0 Å². The Morgan fingerprint density at radius 3 is 2.92 bits per heavy atom. The number of aromatic carboxylic acids is 1. The van der Waals surface area contributed by atoms with E-state index in [1.807, 2.05) is 18.2 Å². The maximum absolute atomic E-state index is 10.6. The molecule has 1 aromatic rings. The van der Waals surface area contributed by atoms with Crippen LogP contribution in [-0.2, 0) is 0 Å². The Morgan fingerprint density at radius 2 is 2.31 bits per heavy atom. The second-order valence-corrected chi connectivity index (χ2v) is 3.13. The van der Waals surface area contributed by atoms with Gasteiger partial charge in [-0.05, 0) is 17.7 Å². The van der Waals surface area contributed by atoms with Crippen molar-refractivity contribution in [2.24, 2.45) is 0 Å². The van der Waals surface area contributed by atoms with Crippen LogP contribution in [0.5, 0.6) is 0 Å². The number of alkyl halides is 1. The topological polar surface area (TPSA) is 37.3 Å². The van der Waals surface area contributed by atoms with Gasteiger partial charge in [-0.2, -0.15) is 0 Å². The molecule has 0 fully saturated rings. The van der Waals surface area contributed by atoms with Crippen LogP contribution in [0.25, 0.3) is 6.08 Å². The number of hydrogen-bond donors (Lipinski definition) is 1. The highest BCUT2D eigenvalue weighted by Crippen LogP contribution is 2.07. The van der Waals surface area contributed by atoms with Crippen molar-refractivity contribution in [3.05, 3.63) is 41.5 Å². The summed E-state index contributed by atoms with van der Waals surface area (Å²) in [5, 5.41) is 9.47. The van der Waals surface area contributed by atoms with E-state index in [0.29, 0.717) is 5.56 Å². The summed E-state index contributed by atoms with van der Waals surface area (Å²) in [6.07, 6.45) is 3.79. The number of carboxylic acids is 1. The smallest absolute Gasteiger partial charge is 0.335 e. The van der Waals surface area contributed by atoms with E-state index in [9.17, 15) is 4.79 Å². The molecule has 0 aliphatic rings. The first-order valence-electron chi connectivity index (χ1n) is 3.80. The van der Waals surface area contributed by atoms with Gasteiger partial charge in [0.15, 0.2) is 0 Å². The Hall–Kier alpha value is -1.09. The molecule has 0 heterocycles. The lowest BCUT2D eigenvalue weighted by atomic mass is 10.1. The van der Waals surface area contributed by atoms with Gasteiger partial charge in [0.05, 0.1) is 5.56 Å². The van der Waals surface area contributed by atoms with Crippen LogP contribution in [0.1, 0.15) is 15.9 Å². The van der Waals surface area contributed by atoms with Crippen LogP contribution in [0.2, 0.25) is 0 Å². The molecule has 0 radical (unpaired) electrons. The number of benzene rings is 1. The van der Waals surface area contributed by atoms with Crippen molar-refractivity contribution in [2.75, 3.05) is 5.33 Å². The number of rotatable bonds is 3. The first-order chi connectivity index (χ1) is 6.24. The Balaban J connectivity index is 2.92. The van der Waals surface area contributed by atoms with Gasteiger partial charge >= 0.3 is 5.97 Å². The lowest BCUT2D eigenvalue weighted by molar-refractivity contribution is 0.0697. The third-order valence-electron chi connectivity index (χ3n) is 1.53. The minimum absolute atomic E-state index is 0.316. The molecule has 0 amide bonds. The van der Waals surface area contributed by atoms with E-state index >= 15 is 0 Å². The van der Waals surface area contributed by atoms with Crippen molar-refractivity contribution in [1.82, 2.24) is 0 Å². The number of carbonyl (C=O) groups is 1. The van der Waals surface area contributed by atoms with E-state index in [2.05, 4.69) is 15.9 Å². The van der Waals surface area contributed by atoms with Gasteiger partial charge in [0.2, 0.25) is 0 Å². The summed E-state index contributed by atoms with van der Waals surface area (Å²) < 4.78 is 0. The molecular weight excluding hydrogens is 232 g/mol. The molecule has 68 valence electrons. The predicted octanol–water partition coefficient (Wildman–Crippen LogP) is 2.79. The van der Waals surface area contributed by atoms with Crippen LogP contribution >= 0.6 is 15.9 Å². The third-order valence-corrected chi connectivity index (χ3v) is 1.91. The third kappa shape index (κ3) is 3.03. The second kappa shape index (κ2) is 4.82. The molecule has 0 aromatic heterocycles. The first kappa shape index (κ1) is 9.99. The summed E-state index contributed by atoms with van der Waals surface area (Å²) >= 11 is 3.25. The molecule has 3 heteroatoms. The fraction of sp³-hybridized carbons (Fsp3) is 0.100. The Morgan fingerprint density at radius 1 is 1.54 bits per heavy atom. The van der Waals surface area contributed by atoms with Gasteiger partial charge in [0.25, 0.3) is 0 Å². The van der Waals surface area contributed by atoms with Gasteiger partial charge in [-0.15, -0.1) is 0 Å². The highest BCUT2D eigenvalue weighted by molar-refractivity contribution is 9.09. The molecule has 13 heavy (non-hydrogen) atoms. The van der Waals surface area contributed by atoms with Crippen molar-refractivity contribution in [1.29, 1.82) is 0 Å². The van der Waals surface area contributed by atoms with Crippen molar-refractivity contribution >= 4 is 28.0 Å². The van der Waals surface area contributed by atoms with E-state index in [0.717, 1.165) is 10.9 Å². The normalized spacial score (nSPS) is 10.5. The van der Waals surface area contributed by atoms with Gasteiger partial charge < -0.3 is 5.11 Å². The fourth-order valence-corrected chi connectivity index (χ4v) is 1.14. The Bertz CT molecular complexity index is 331. The van der Waals surface area contributed by atoms with Crippen LogP contribution in [0.3, 0.4) is 0 Å². The molecule has 0 bridgehead atoms. The minimum atomic E-state index is -0.894. The zero-order chi connectivity index (χ0) is 9.68. The predicted molar refractivity (Wildman–Crippen MR) is 56.2 cm³/mol. The Kier molecular flexibility index (Phi) is 3.71. The van der Waals surface area contributed by atoms with E-state index in [1.165, 1.54) is 0 Å². The van der Waals surface area contributed by atoms with Crippen molar-refractivity contribution in [3.8, 4) is 0 Å². The quantitative estimate of drug-likeness (QED) is 0.826. The molecule has 0 aliphatic heterocycles. The van der Waals surface area contributed by atoms with Crippen LogP contribution < -0.4 is 0 Å². The van der Waals surface area contributed by atoms with Crippen LogP contribution in [0, 0.1) is 0 Å². The summed E-state index contributed by atoms with van der Waals surface area (Å²) in [5.41, 5.74) is 1.22. The molecule has 0 saturated heterocycles. The SMILES string of the molecule is O=C(O)c1cccc(C=CCBr)c1. The van der Waals surface area contributed by atoms with E-state index in [1.54, 1.807) is 18.2 Å². The standard InChI is InChI=1S/C10H9BrO2/c11-6-2-4-8-3-1-5-9(7-8)10(12)13/h1-5,7H,6H2,(H,12,13). The van der Waals surface area contributed by atoms with Crippen LogP contribution in [0.4, 0.5) is 0 Å². The van der Waals surface area contributed by atoms with Crippen LogP contribution in [-0.4, -0.2) is 16.4 Å². The molecule has 1 aromatic carbocycles. The highest BCUT2D eigenvalue weighted by atomic mass is 79.9. The summed E-state index contributed by atoms with van der Waals surface area (Å²) in [7, 11) is 0.